The van der Waals surface area contributed by atoms with E-state index in [1.54, 1.807) is 31.2 Å². The number of anilines is 1. The first-order valence-electron chi connectivity index (χ1n) is 12.1. The van der Waals surface area contributed by atoms with Gasteiger partial charge >= 0.3 is 5.97 Å². The number of amides is 2. The number of ether oxygens (including phenoxy) is 1. The summed E-state index contributed by atoms with van der Waals surface area (Å²) >= 11 is 12.6. The Bertz CT molecular complexity index is 1550. The van der Waals surface area contributed by atoms with Gasteiger partial charge < -0.3 is 20.5 Å². The second-order valence-electron chi connectivity index (χ2n) is 10.2. The van der Waals surface area contributed by atoms with Gasteiger partial charge in [-0.1, -0.05) is 35.3 Å². The monoisotopic (exact) mass is 571 g/mol. The minimum atomic E-state index is -1.69. The molecule has 3 atom stereocenters. The fourth-order valence-electron chi connectivity index (χ4n) is 5.51. The van der Waals surface area contributed by atoms with Gasteiger partial charge in [0.2, 0.25) is 23.3 Å². The number of hydrogen-bond donors (Lipinski definition) is 3. The van der Waals surface area contributed by atoms with Gasteiger partial charge in [-0.15, -0.1) is 0 Å². The zero-order valence-corrected chi connectivity index (χ0v) is 22.7. The number of hydrogen-bond acceptors (Lipinski definition) is 5. The number of aryl methyl sites for hydroxylation is 1. The second kappa shape index (κ2) is 9.50. The van der Waals surface area contributed by atoms with Crippen molar-refractivity contribution in [2.75, 3.05) is 5.32 Å². The lowest BCUT2D eigenvalue weighted by atomic mass is 9.59. The third-order valence-electron chi connectivity index (χ3n) is 7.39. The Kier molecular flexibility index (Phi) is 6.55. The number of benzene rings is 2. The number of aromatic nitrogens is 1. The van der Waals surface area contributed by atoms with Crippen molar-refractivity contribution in [2.45, 2.75) is 50.2 Å². The molecule has 2 amide bonds. The standard InChI is InChI=1S/C28H24Cl2FN3O5/c1-13-4-6-16(31)10-17(13)23-28(19-7-5-14(29)9-21(19)33-25(28)36)20(11-22(35)34-23)18-8-15(30)12-32-24(18)39-27(2,3)26(37)38/h4-10,12,20,23H,11H2,1-3H3,(H,33,36)(H,34,35)(H,37,38)/t20-,23+,28-/m0/s1. The maximum atomic E-state index is 14.6. The van der Waals surface area contributed by atoms with Crippen molar-refractivity contribution < 1.29 is 28.6 Å². The van der Waals surface area contributed by atoms with Crippen molar-refractivity contribution in [3.8, 4) is 5.88 Å². The lowest BCUT2D eigenvalue weighted by molar-refractivity contribution is -0.152. The van der Waals surface area contributed by atoms with Crippen LogP contribution >= 0.6 is 23.2 Å². The number of nitrogens with zero attached hydrogens (tertiary/aromatic N) is 1. The molecule has 11 heteroatoms. The normalized spacial score (nSPS) is 22.3. The summed E-state index contributed by atoms with van der Waals surface area (Å²) in [4.78, 5) is 43.6. The average molecular weight is 572 g/mol. The molecule has 0 radical (unpaired) electrons. The third-order valence-corrected chi connectivity index (χ3v) is 7.83. The molecule has 1 aromatic heterocycles. The summed E-state index contributed by atoms with van der Waals surface area (Å²) in [5, 5.41) is 16.1. The summed E-state index contributed by atoms with van der Waals surface area (Å²) in [6.45, 7) is 4.48. The summed E-state index contributed by atoms with van der Waals surface area (Å²) < 4.78 is 20.4. The number of carboxylic acids is 1. The quantitative estimate of drug-likeness (QED) is 0.382. The van der Waals surface area contributed by atoms with Crippen molar-refractivity contribution >= 4 is 46.7 Å². The van der Waals surface area contributed by atoms with E-state index in [0.717, 1.165) is 0 Å². The summed E-state index contributed by atoms with van der Waals surface area (Å²) in [6.07, 6.45) is 1.11. The highest BCUT2D eigenvalue weighted by atomic mass is 35.5. The number of carbonyl (C=O) groups excluding carboxylic acids is 2. The molecule has 1 saturated heterocycles. The van der Waals surface area contributed by atoms with E-state index in [0.29, 0.717) is 27.4 Å². The van der Waals surface area contributed by atoms with Gasteiger partial charge in [-0.05, 0) is 67.8 Å². The lowest BCUT2D eigenvalue weighted by Crippen LogP contribution is -2.57. The van der Waals surface area contributed by atoms with Crippen molar-refractivity contribution in [1.29, 1.82) is 0 Å². The first kappa shape index (κ1) is 26.9. The predicted molar refractivity (Wildman–Crippen MR) is 143 cm³/mol. The van der Waals surface area contributed by atoms with Crippen LogP contribution < -0.4 is 15.4 Å². The molecule has 3 N–H and O–H groups in total. The van der Waals surface area contributed by atoms with Gasteiger partial charge in [0.15, 0.2) is 0 Å². The van der Waals surface area contributed by atoms with Crippen LogP contribution in [0.15, 0.2) is 48.7 Å². The Morgan fingerprint density at radius 1 is 1.13 bits per heavy atom. The Labute approximate surface area is 233 Å². The molecule has 2 aromatic carbocycles. The van der Waals surface area contributed by atoms with Crippen molar-refractivity contribution in [3.05, 3.63) is 86.8 Å². The van der Waals surface area contributed by atoms with Crippen LogP contribution in [0.4, 0.5) is 10.1 Å². The first-order valence-corrected chi connectivity index (χ1v) is 12.8. The molecule has 0 saturated carbocycles. The van der Waals surface area contributed by atoms with Crippen molar-refractivity contribution in [3.63, 3.8) is 0 Å². The van der Waals surface area contributed by atoms with E-state index in [1.165, 1.54) is 38.2 Å². The van der Waals surface area contributed by atoms with Crippen LogP contribution in [0, 0.1) is 12.7 Å². The van der Waals surface area contributed by atoms with Gasteiger partial charge in [0.05, 0.1) is 11.1 Å². The van der Waals surface area contributed by atoms with Gasteiger partial charge in [0.1, 0.15) is 11.2 Å². The maximum Gasteiger partial charge on any atom is 0.347 e. The average Bonchev–Trinajstić information content (AvgIpc) is 3.14. The van der Waals surface area contributed by atoms with E-state index in [9.17, 15) is 23.9 Å². The molecule has 39 heavy (non-hydrogen) atoms. The molecule has 3 aromatic rings. The van der Waals surface area contributed by atoms with E-state index < -0.39 is 46.6 Å². The molecule has 8 nitrogen and oxygen atoms in total. The summed E-state index contributed by atoms with van der Waals surface area (Å²) in [5.74, 6) is -3.66. The largest absolute Gasteiger partial charge is 0.478 e. The topological polar surface area (TPSA) is 118 Å². The van der Waals surface area contributed by atoms with E-state index >= 15 is 0 Å². The molecule has 0 aliphatic carbocycles. The Hall–Kier alpha value is -3.69. The summed E-state index contributed by atoms with van der Waals surface area (Å²) in [7, 11) is 0. The van der Waals surface area contributed by atoms with Gasteiger partial charge in [0, 0.05) is 34.8 Å². The van der Waals surface area contributed by atoms with Crippen LogP contribution in [-0.4, -0.2) is 33.5 Å². The lowest BCUT2D eigenvalue weighted by Gasteiger charge is -2.47. The molecule has 5 rings (SSSR count). The highest BCUT2D eigenvalue weighted by Crippen LogP contribution is 2.59. The third kappa shape index (κ3) is 4.39. The summed E-state index contributed by atoms with van der Waals surface area (Å²) in [5.41, 5.74) is -0.913. The van der Waals surface area contributed by atoms with Crippen LogP contribution in [0.25, 0.3) is 0 Å². The van der Waals surface area contributed by atoms with Crippen LogP contribution in [0.2, 0.25) is 10.0 Å². The van der Waals surface area contributed by atoms with Crippen LogP contribution in [-0.2, 0) is 19.8 Å². The van der Waals surface area contributed by atoms with Crippen LogP contribution in [0.3, 0.4) is 0 Å². The van der Waals surface area contributed by atoms with Gasteiger partial charge in [-0.25, -0.2) is 14.2 Å². The Balaban J connectivity index is 1.82. The number of halogens is 3. The summed E-state index contributed by atoms with van der Waals surface area (Å²) in [6, 6.07) is 9.62. The molecular weight excluding hydrogens is 548 g/mol. The first-order chi connectivity index (χ1) is 18.3. The zero-order valence-electron chi connectivity index (χ0n) is 21.1. The number of aliphatic carboxylic acids is 1. The Morgan fingerprint density at radius 3 is 2.59 bits per heavy atom. The molecule has 0 unspecified atom stereocenters. The minimum absolute atomic E-state index is 0.0872. The molecule has 2 aliphatic rings. The number of rotatable bonds is 5. The molecule has 202 valence electrons. The van der Waals surface area contributed by atoms with Gasteiger partial charge in [-0.3, -0.25) is 9.59 Å². The number of piperidine rings is 1. The Morgan fingerprint density at radius 2 is 1.87 bits per heavy atom. The fourth-order valence-corrected chi connectivity index (χ4v) is 5.84. The molecule has 2 aliphatic heterocycles. The van der Waals surface area contributed by atoms with E-state index in [1.807, 2.05) is 0 Å². The molecule has 0 bridgehead atoms. The fraction of sp³-hybridized carbons (Fsp3) is 0.286. The number of carboxylic acid groups (broad SMARTS) is 1. The molecule has 1 spiro atoms. The van der Waals surface area contributed by atoms with Crippen LogP contribution in [0.5, 0.6) is 5.88 Å². The smallest absolute Gasteiger partial charge is 0.347 e. The predicted octanol–water partition coefficient (Wildman–Crippen LogP) is 5.31. The number of pyridine rings is 1. The zero-order chi connectivity index (χ0) is 28.3. The number of fused-ring (bicyclic) bond motifs is 2. The minimum Gasteiger partial charge on any atom is -0.478 e. The SMILES string of the molecule is Cc1ccc(F)cc1[C@H]1NC(=O)C[C@@H](c2cc(Cl)cnc2OC(C)(C)C(=O)O)[C@]12C(=O)Nc1cc(Cl)ccc12. The van der Waals surface area contributed by atoms with Crippen molar-refractivity contribution in [1.82, 2.24) is 10.3 Å². The molecular formula is C28H24Cl2FN3O5. The van der Waals surface area contributed by atoms with E-state index in [4.69, 9.17) is 27.9 Å². The molecule has 3 heterocycles. The van der Waals surface area contributed by atoms with Crippen molar-refractivity contribution in [2.24, 2.45) is 0 Å². The maximum absolute atomic E-state index is 14.6. The highest BCUT2D eigenvalue weighted by molar-refractivity contribution is 6.31. The molecule has 1 fully saturated rings. The number of carbonyl (C=O) groups is 3. The van der Waals surface area contributed by atoms with Crippen LogP contribution in [0.1, 0.15) is 54.5 Å². The van der Waals surface area contributed by atoms with Gasteiger partial charge in [-0.2, -0.15) is 0 Å². The van der Waals surface area contributed by atoms with E-state index in [-0.39, 0.29) is 22.9 Å². The highest BCUT2D eigenvalue weighted by Gasteiger charge is 2.62. The van der Waals surface area contributed by atoms with Gasteiger partial charge in [0.25, 0.3) is 0 Å². The van der Waals surface area contributed by atoms with E-state index in [2.05, 4.69) is 15.6 Å². The number of nitrogens with one attached hydrogen (secondary N) is 2. The second-order valence-corrected chi connectivity index (χ2v) is 11.1.